The van der Waals surface area contributed by atoms with Gasteiger partial charge in [-0.2, -0.15) is 5.10 Å². The van der Waals surface area contributed by atoms with Crippen LogP contribution in [0.1, 0.15) is 10.4 Å². The molecule has 3 rings (SSSR count). The summed E-state index contributed by atoms with van der Waals surface area (Å²) >= 11 is 5.89. The van der Waals surface area contributed by atoms with Gasteiger partial charge in [-0.15, -0.1) is 0 Å². The molecular weight excluding hydrogens is 316 g/mol. The molecular formula is C16H13ClN4O2. The summed E-state index contributed by atoms with van der Waals surface area (Å²) < 4.78 is 6.71. The van der Waals surface area contributed by atoms with E-state index in [4.69, 9.17) is 16.3 Å². The third-order valence-corrected chi connectivity index (χ3v) is 3.35. The second kappa shape index (κ2) is 6.50. The highest BCUT2D eigenvalue weighted by Gasteiger charge is 2.15. The van der Waals surface area contributed by atoms with Crippen LogP contribution in [0.15, 0.2) is 55.0 Å². The summed E-state index contributed by atoms with van der Waals surface area (Å²) in [6.07, 6.45) is 4.73. The van der Waals surface area contributed by atoms with Crippen molar-refractivity contribution in [3.8, 4) is 11.6 Å². The average molecular weight is 329 g/mol. The zero-order chi connectivity index (χ0) is 16.2. The van der Waals surface area contributed by atoms with Crippen molar-refractivity contribution in [1.82, 2.24) is 14.8 Å². The first-order valence-electron chi connectivity index (χ1n) is 6.79. The number of aromatic nitrogens is 3. The number of methoxy groups -OCH3 is 1. The Bertz CT molecular complexity index is 847. The summed E-state index contributed by atoms with van der Waals surface area (Å²) in [4.78, 5) is 16.8. The molecule has 7 heteroatoms. The first-order valence-corrected chi connectivity index (χ1v) is 7.17. The smallest absolute Gasteiger partial charge is 0.259 e. The third kappa shape index (κ3) is 3.17. The van der Waals surface area contributed by atoms with Crippen molar-refractivity contribution in [2.75, 3.05) is 12.4 Å². The van der Waals surface area contributed by atoms with Gasteiger partial charge in [-0.1, -0.05) is 23.7 Å². The SMILES string of the molecule is COc1ccccc1C(=O)Nc1cccnc1-n1cc(Cl)cn1. The number of ether oxygens (including phenoxy) is 1. The normalized spacial score (nSPS) is 10.3. The lowest BCUT2D eigenvalue weighted by Crippen LogP contribution is -2.15. The minimum Gasteiger partial charge on any atom is -0.496 e. The average Bonchev–Trinajstić information content (AvgIpc) is 3.01. The van der Waals surface area contributed by atoms with Gasteiger partial charge in [0.25, 0.3) is 5.91 Å². The van der Waals surface area contributed by atoms with E-state index in [1.165, 1.54) is 18.0 Å². The number of pyridine rings is 1. The quantitative estimate of drug-likeness (QED) is 0.798. The summed E-state index contributed by atoms with van der Waals surface area (Å²) in [5.41, 5.74) is 0.950. The molecule has 0 aliphatic heterocycles. The molecule has 116 valence electrons. The van der Waals surface area contributed by atoms with E-state index in [9.17, 15) is 4.79 Å². The predicted octanol–water partition coefficient (Wildman–Crippen LogP) is 3.18. The van der Waals surface area contributed by atoms with Crippen molar-refractivity contribution >= 4 is 23.2 Å². The number of carbonyl (C=O) groups excluding carboxylic acids is 1. The Kier molecular flexibility index (Phi) is 4.25. The standard InChI is InChI=1S/C16H13ClN4O2/c1-23-14-7-3-2-5-12(14)16(22)20-13-6-4-8-18-15(13)21-10-11(17)9-19-21/h2-10H,1H3,(H,20,22). The van der Waals surface area contributed by atoms with Gasteiger partial charge in [0.1, 0.15) is 5.75 Å². The molecule has 1 amide bonds. The van der Waals surface area contributed by atoms with Crippen molar-refractivity contribution < 1.29 is 9.53 Å². The van der Waals surface area contributed by atoms with Crippen molar-refractivity contribution in [2.24, 2.45) is 0 Å². The maximum absolute atomic E-state index is 12.5. The molecule has 6 nitrogen and oxygen atoms in total. The number of carbonyl (C=O) groups is 1. The lowest BCUT2D eigenvalue weighted by Gasteiger charge is -2.11. The van der Waals surface area contributed by atoms with Crippen molar-refractivity contribution in [3.05, 3.63) is 65.6 Å². The summed E-state index contributed by atoms with van der Waals surface area (Å²) in [6.45, 7) is 0. The number of nitrogens with one attached hydrogen (secondary N) is 1. The number of para-hydroxylation sites is 1. The van der Waals surface area contributed by atoms with Gasteiger partial charge in [-0.05, 0) is 24.3 Å². The first kappa shape index (κ1) is 15.1. The molecule has 0 saturated carbocycles. The zero-order valence-corrected chi connectivity index (χ0v) is 13.0. The number of rotatable bonds is 4. The summed E-state index contributed by atoms with van der Waals surface area (Å²) in [5, 5.41) is 7.41. The molecule has 2 heterocycles. The lowest BCUT2D eigenvalue weighted by atomic mass is 10.2. The lowest BCUT2D eigenvalue weighted by molar-refractivity contribution is 0.102. The van der Waals surface area contributed by atoms with E-state index >= 15 is 0 Å². The van der Waals surface area contributed by atoms with Gasteiger partial charge in [-0.3, -0.25) is 4.79 Å². The second-order valence-corrected chi connectivity index (χ2v) is 5.07. The number of anilines is 1. The van der Waals surface area contributed by atoms with E-state index in [1.807, 2.05) is 0 Å². The third-order valence-electron chi connectivity index (χ3n) is 3.15. The van der Waals surface area contributed by atoms with E-state index in [1.54, 1.807) is 48.8 Å². The molecule has 1 N–H and O–H groups in total. The number of benzene rings is 1. The molecule has 0 atom stereocenters. The van der Waals surface area contributed by atoms with Gasteiger partial charge in [0.15, 0.2) is 5.82 Å². The van der Waals surface area contributed by atoms with Gasteiger partial charge in [0.05, 0.1) is 35.8 Å². The van der Waals surface area contributed by atoms with Gasteiger partial charge < -0.3 is 10.1 Å². The Morgan fingerprint density at radius 1 is 1.26 bits per heavy atom. The van der Waals surface area contributed by atoms with Crippen LogP contribution < -0.4 is 10.1 Å². The van der Waals surface area contributed by atoms with E-state index in [0.29, 0.717) is 27.8 Å². The van der Waals surface area contributed by atoms with Gasteiger partial charge >= 0.3 is 0 Å². The molecule has 0 radical (unpaired) electrons. The minimum atomic E-state index is -0.296. The summed E-state index contributed by atoms with van der Waals surface area (Å²) in [7, 11) is 1.52. The second-order valence-electron chi connectivity index (χ2n) is 4.63. The van der Waals surface area contributed by atoms with Gasteiger partial charge in [-0.25, -0.2) is 9.67 Å². The van der Waals surface area contributed by atoms with Gasteiger partial charge in [0, 0.05) is 6.20 Å². The summed E-state index contributed by atoms with van der Waals surface area (Å²) in [6, 6.07) is 10.5. The van der Waals surface area contributed by atoms with Crippen molar-refractivity contribution in [2.45, 2.75) is 0 Å². The van der Waals surface area contributed by atoms with Crippen LogP contribution in [0.3, 0.4) is 0 Å². The number of amides is 1. The Labute approximate surface area is 137 Å². The Balaban J connectivity index is 1.93. The molecule has 0 spiro atoms. The molecule has 2 aromatic heterocycles. The maximum Gasteiger partial charge on any atom is 0.259 e. The monoisotopic (exact) mass is 328 g/mol. The molecule has 3 aromatic rings. The molecule has 0 saturated heterocycles. The number of halogens is 1. The van der Waals surface area contributed by atoms with E-state index in [-0.39, 0.29) is 5.91 Å². The first-order chi connectivity index (χ1) is 11.2. The Hall–Kier alpha value is -2.86. The summed E-state index contributed by atoms with van der Waals surface area (Å²) in [5.74, 6) is 0.676. The number of hydrogen-bond donors (Lipinski definition) is 1. The van der Waals surface area contributed by atoms with Crippen LogP contribution in [-0.2, 0) is 0 Å². The Morgan fingerprint density at radius 3 is 2.83 bits per heavy atom. The van der Waals surface area contributed by atoms with Crippen LogP contribution in [0.4, 0.5) is 5.69 Å². The van der Waals surface area contributed by atoms with Crippen LogP contribution in [0.2, 0.25) is 5.02 Å². The molecule has 23 heavy (non-hydrogen) atoms. The fourth-order valence-electron chi connectivity index (χ4n) is 2.12. The van der Waals surface area contributed by atoms with Gasteiger partial charge in [0.2, 0.25) is 0 Å². The molecule has 0 bridgehead atoms. The van der Waals surface area contributed by atoms with Crippen LogP contribution in [-0.4, -0.2) is 27.8 Å². The number of hydrogen-bond acceptors (Lipinski definition) is 4. The van der Waals surface area contributed by atoms with Crippen molar-refractivity contribution in [3.63, 3.8) is 0 Å². The number of nitrogens with zero attached hydrogens (tertiary/aromatic N) is 3. The molecule has 0 unspecified atom stereocenters. The van der Waals surface area contributed by atoms with E-state index in [2.05, 4.69) is 15.4 Å². The van der Waals surface area contributed by atoms with Crippen LogP contribution >= 0.6 is 11.6 Å². The van der Waals surface area contributed by atoms with E-state index < -0.39 is 0 Å². The highest BCUT2D eigenvalue weighted by atomic mass is 35.5. The molecule has 0 fully saturated rings. The largest absolute Gasteiger partial charge is 0.496 e. The Morgan fingerprint density at radius 2 is 2.09 bits per heavy atom. The highest BCUT2D eigenvalue weighted by Crippen LogP contribution is 2.22. The van der Waals surface area contributed by atoms with Crippen LogP contribution in [0, 0.1) is 0 Å². The maximum atomic E-state index is 12.5. The zero-order valence-electron chi connectivity index (χ0n) is 12.2. The van der Waals surface area contributed by atoms with Crippen LogP contribution in [0.25, 0.3) is 5.82 Å². The molecule has 1 aromatic carbocycles. The molecule has 0 aliphatic rings. The minimum absolute atomic E-state index is 0.296. The highest BCUT2D eigenvalue weighted by molar-refractivity contribution is 6.30. The van der Waals surface area contributed by atoms with E-state index in [0.717, 1.165) is 0 Å². The molecule has 0 aliphatic carbocycles. The fraction of sp³-hybridized carbons (Fsp3) is 0.0625. The van der Waals surface area contributed by atoms with Crippen molar-refractivity contribution in [1.29, 1.82) is 0 Å². The van der Waals surface area contributed by atoms with Crippen LogP contribution in [0.5, 0.6) is 5.75 Å². The topological polar surface area (TPSA) is 69.0 Å². The fourth-order valence-corrected chi connectivity index (χ4v) is 2.25. The predicted molar refractivity (Wildman–Crippen MR) is 87.3 cm³/mol.